The van der Waals surface area contributed by atoms with Crippen LogP contribution >= 0.6 is 0 Å². The first-order valence-corrected chi connectivity index (χ1v) is 7.30. The highest BCUT2D eigenvalue weighted by Gasteiger charge is 2.33. The number of carbonyl (C=O) groups is 4. The second-order valence-corrected chi connectivity index (χ2v) is 5.40. The summed E-state index contributed by atoms with van der Waals surface area (Å²) in [6.07, 6.45) is 0.952. The summed E-state index contributed by atoms with van der Waals surface area (Å²) < 4.78 is 0. The Bertz CT molecular complexity index is 975. The third kappa shape index (κ3) is 2.72. The standard InChI is InChI=1S/C18H12N2O5/c1-9(21)8-19-20-15-13(18(24)25)7-6-12-14(15)17(23)11-5-3-2-4-10(11)16(12)22/h2-8,20H,1H3,(H,24,25). The van der Waals surface area contributed by atoms with Gasteiger partial charge in [-0.3, -0.25) is 19.8 Å². The molecule has 0 unspecified atom stereocenters. The van der Waals surface area contributed by atoms with Crippen molar-refractivity contribution in [3.8, 4) is 0 Å². The Morgan fingerprint density at radius 3 is 2.24 bits per heavy atom. The van der Waals surface area contributed by atoms with Gasteiger partial charge < -0.3 is 5.11 Å². The van der Waals surface area contributed by atoms with E-state index >= 15 is 0 Å². The normalized spacial score (nSPS) is 12.7. The first kappa shape index (κ1) is 16.3. The summed E-state index contributed by atoms with van der Waals surface area (Å²) in [5.41, 5.74) is 2.58. The number of hydrogen-bond donors (Lipinski definition) is 2. The minimum Gasteiger partial charge on any atom is -0.478 e. The summed E-state index contributed by atoms with van der Waals surface area (Å²) in [6, 6.07) is 8.87. The van der Waals surface area contributed by atoms with Gasteiger partial charge in [-0.15, -0.1) is 0 Å². The van der Waals surface area contributed by atoms with Crippen LogP contribution in [0, 0.1) is 0 Å². The summed E-state index contributed by atoms with van der Waals surface area (Å²) >= 11 is 0. The van der Waals surface area contributed by atoms with Crippen LogP contribution in [0.4, 0.5) is 5.69 Å². The third-order valence-electron chi connectivity index (χ3n) is 3.75. The van der Waals surface area contributed by atoms with E-state index in [2.05, 4.69) is 10.5 Å². The van der Waals surface area contributed by atoms with Crippen LogP contribution in [0.25, 0.3) is 0 Å². The smallest absolute Gasteiger partial charge is 0.337 e. The van der Waals surface area contributed by atoms with E-state index in [0.29, 0.717) is 0 Å². The van der Waals surface area contributed by atoms with E-state index in [0.717, 1.165) is 6.21 Å². The number of fused-ring (bicyclic) bond motifs is 2. The molecule has 0 heterocycles. The molecule has 0 aliphatic heterocycles. The summed E-state index contributed by atoms with van der Waals surface area (Å²) in [7, 11) is 0. The second kappa shape index (κ2) is 6.12. The average molecular weight is 336 g/mol. The molecule has 0 saturated carbocycles. The molecular formula is C18H12N2O5. The van der Waals surface area contributed by atoms with Crippen LogP contribution in [0.15, 0.2) is 41.5 Å². The van der Waals surface area contributed by atoms with Crippen molar-refractivity contribution in [2.45, 2.75) is 6.92 Å². The van der Waals surface area contributed by atoms with Gasteiger partial charge in [0, 0.05) is 23.6 Å². The van der Waals surface area contributed by atoms with Crippen LogP contribution in [-0.2, 0) is 4.79 Å². The van der Waals surface area contributed by atoms with Gasteiger partial charge in [-0.25, -0.2) is 4.79 Å². The quantitative estimate of drug-likeness (QED) is 0.557. The van der Waals surface area contributed by atoms with Crippen molar-refractivity contribution in [2.75, 3.05) is 5.43 Å². The number of aromatic carboxylic acids is 1. The van der Waals surface area contributed by atoms with E-state index in [9.17, 15) is 24.3 Å². The number of rotatable bonds is 4. The van der Waals surface area contributed by atoms with Crippen LogP contribution in [0.2, 0.25) is 0 Å². The molecule has 1 aliphatic carbocycles. The predicted molar refractivity (Wildman–Crippen MR) is 89.5 cm³/mol. The monoisotopic (exact) mass is 336 g/mol. The molecule has 2 aromatic carbocycles. The number of anilines is 1. The Labute approximate surface area is 142 Å². The van der Waals surface area contributed by atoms with Crippen molar-refractivity contribution >= 4 is 35.2 Å². The van der Waals surface area contributed by atoms with Crippen molar-refractivity contribution in [3.05, 3.63) is 64.2 Å². The molecule has 7 heteroatoms. The number of nitrogens with zero attached hydrogens (tertiary/aromatic N) is 1. The summed E-state index contributed by atoms with van der Waals surface area (Å²) in [6.45, 7) is 1.27. The molecule has 0 amide bonds. The second-order valence-electron chi connectivity index (χ2n) is 5.40. The van der Waals surface area contributed by atoms with E-state index in [4.69, 9.17) is 0 Å². The largest absolute Gasteiger partial charge is 0.478 e. The number of carboxylic acids is 1. The molecule has 0 fully saturated rings. The molecule has 25 heavy (non-hydrogen) atoms. The van der Waals surface area contributed by atoms with E-state index < -0.39 is 11.8 Å². The molecule has 0 saturated heterocycles. The van der Waals surface area contributed by atoms with Gasteiger partial charge in [0.2, 0.25) is 0 Å². The van der Waals surface area contributed by atoms with Crippen LogP contribution in [0.1, 0.15) is 49.1 Å². The minimum absolute atomic E-state index is 0.0655. The number of hydrazone groups is 1. The summed E-state index contributed by atoms with van der Waals surface area (Å²) in [4.78, 5) is 48.0. The number of nitrogens with one attached hydrogen (secondary N) is 1. The lowest BCUT2D eigenvalue weighted by Crippen LogP contribution is -2.23. The Kier molecular flexibility index (Phi) is 3.98. The van der Waals surface area contributed by atoms with Gasteiger partial charge in [0.05, 0.1) is 23.0 Å². The fourth-order valence-electron chi connectivity index (χ4n) is 2.67. The maximum atomic E-state index is 12.8. The molecule has 0 bridgehead atoms. The van der Waals surface area contributed by atoms with Crippen molar-refractivity contribution in [2.24, 2.45) is 5.10 Å². The molecule has 3 rings (SSSR count). The highest BCUT2D eigenvalue weighted by atomic mass is 16.4. The maximum absolute atomic E-state index is 12.8. The molecule has 0 radical (unpaired) electrons. The lowest BCUT2D eigenvalue weighted by molar-refractivity contribution is -0.110. The third-order valence-corrected chi connectivity index (χ3v) is 3.75. The van der Waals surface area contributed by atoms with E-state index in [1.807, 2.05) is 0 Å². The minimum atomic E-state index is -1.29. The average Bonchev–Trinajstić information content (AvgIpc) is 2.58. The van der Waals surface area contributed by atoms with Gasteiger partial charge >= 0.3 is 5.97 Å². The molecule has 2 N–H and O–H groups in total. The molecule has 1 aliphatic rings. The van der Waals surface area contributed by atoms with Crippen LogP contribution in [0.3, 0.4) is 0 Å². The van der Waals surface area contributed by atoms with Gasteiger partial charge in [0.1, 0.15) is 0 Å². The maximum Gasteiger partial charge on any atom is 0.337 e. The number of benzene rings is 2. The van der Waals surface area contributed by atoms with Crippen LogP contribution in [0.5, 0.6) is 0 Å². The van der Waals surface area contributed by atoms with E-state index in [-0.39, 0.29) is 45.1 Å². The molecule has 7 nitrogen and oxygen atoms in total. The Hall–Kier alpha value is -3.61. The Morgan fingerprint density at radius 1 is 1.00 bits per heavy atom. The van der Waals surface area contributed by atoms with Gasteiger partial charge in [-0.1, -0.05) is 24.3 Å². The fourth-order valence-corrected chi connectivity index (χ4v) is 2.67. The highest BCUT2D eigenvalue weighted by molar-refractivity contribution is 6.31. The SMILES string of the molecule is CC(=O)C=NNc1c(C(=O)O)ccc2c1C(=O)c1ccccc1C2=O. The topological polar surface area (TPSA) is 113 Å². The molecule has 124 valence electrons. The first-order valence-electron chi connectivity index (χ1n) is 7.30. The molecule has 2 aromatic rings. The zero-order valence-corrected chi connectivity index (χ0v) is 13.1. The number of hydrogen-bond acceptors (Lipinski definition) is 6. The number of carboxylic acid groups (broad SMARTS) is 1. The van der Waals surface area contributed by atoms with Crippen LogP contribution in [-0.4, -0.2) is 34.6 Å². The van der Waals surface area contributed by atoms with Gasteiger partial charge in [0.15, 0.2) is 17.3 Å². The number of ketones is 3. The van der Waals surface area contributed by atoms with Crippen molar-refractivity contribution < 1.29 is 24.3 Å². The summed E-state index contributed by atoms with van der Waals surface area (Å²) in [5.74, 6) is -2.50. The molecule has 0 atom stereocenters. The zero-order chi connectivity index (χ0) is 18.1. The van der Waals surface area contributed by atoms with Crippen molar-refractivity contribution in [1.29, 1.82) is 0 Å². The van der Waals surface area contributed by atoms with E-state index in [1.54, 1.807) is 18.2 Å². The van der Waals surface area contributed by atoms with Gasteiger partial charge in [-0.05, 0) is 12.1 Å². The zero-order valence-electron chi connectivity index (χ0n) is 13.1. The Balaban J connectivity index is 2.24. The van der Waals surface area contributed by atoms with Crippen LogP contribution < -0.4 is 5.43 Å². The van der Waals surface area contributed by atoms with Gasteiger partial charge in [-0.2, -0.15) is 5.10 Å². The molecular weight excluding hydrogens is 324 g/mol. The molecule has 0 aromatic heterocycles. The summed E-state index contributed by atoms with van der Waals surface area (Å²) in [5, 5.41) is 13.0. The lowest BCUT2D eigenvalue weighted by Gasteiger charge is -2.20. The van der Waals surface area contributed by atoms with Crippen molar-refractivity contribution in [3.63, 3.8) is 0 Å². The lowest BCUT2D eigenvalue weighted by atomic mass is 9.82. The van der Waals surface area contributed by atoms with Gasteiger partial charge in [0.25, 0.3) is 0 Å². The van der Waals surface area contributed by atoms with Crippen molar-refractivity contribution in [1.82, 2.24) is 0 Å². The Morgan fingerprint density at radius 2 is 1.64 bits per heavy atom. The van der Waals surface area contributed by atoms with E-state index in [1.165, 1.54) is 25.1 Å². The number of Topliss-reactive ketones (excluding diaryl/α,β-unsaturated/α-hetero) is 1. The predicted octanol–water partition coefficient (Wildman–Crippen LogP) is 2.15. The number of carbonyl (C=O) groups excluding carboxylic acids is 3. The first-order chi connectivity index (χ1) is 11.9. The fraction of sp³-hybridized carbons (Fsp3) is 0.0556. The molecule has 0 spiro atoms. The highest BCUT2D eigenvalue weighted by Crippen LogP contribution is 2.34.